The largest absolute Gasteiger partial charge is 0.122 e. The zero-order valence-corrected chi connectivity index (χ0v) is 12.8. The van der Waals surface area contributed by atoms with E-state index in [1.54, 1.807) is 12.1 Å². The Labute approximate surface area is 130 Å². The van der Waals surface area contributed by atoms with E-state index in [0.717, 1.165) is 16.7 Å². The maximum atomic E-state index is 6.21. The van der Waals surface area contributed by atoms with Crippen LogP contribution in [0.3, 0.4) is 0 Å². The second kappa shape index (κ2) is 5.90. The Kier molecular flexibility index (Phi) is 4.69. The molecule has 2 aromatic carbocycles. The molecule has 0 aliphatic rings. The van der Waals surface area contributed by atoms with Crippen LogP contribution in [-0.4, -0.2) is 0 Å². The maximum absolute atomic E-state index is 6.21. The smallest absolute Gasteiger partial charge is 0.0607 e. The van der Waals surface area contributed by atoms with E-state index < -0.39 is 0 Å². The molecule has 0 saturated heterocycles. The Morgan fingerprint density at radius 1 is 0.667 bits per heavy atom. The van der Waals surface area contributed by atoms with Crippen LogP contribution in [0.1, 0.15) is 5.56 Å². The van der Waals surface area contributed by atoms with Crippen LogP contribution < -0.4 is 0 Å². The third-order valence-corrected chi connectivity index (χ3v) is 4.14. The van der Waals surface area contributed by atoms with Crippen molar-refractivity contribution in [3.8, 4) is 11.1 Å². The van der Waals surface area contributed by atoms with Crippen LogP contribution >= 0.6 is 58.0 Å². The molecule has 2 rings (SSSR count). The molecular weight excluding hydrogens is 333 g/mol. The van der Waals surface area contributed by atoms with Crippen LogP contribution in [0, 0.1) is 0 Å². The average Bonchev–Trinajstić information content (AvgIpc) is 2.34. The molecule has 0 bridgehead atoms. The first-order chi connectivity index (χ1) is 8.52. The SMILES string of the molecule is ClCc1ccc(-c2cc(Cl)c(Cl)cc2Cl)c(Cl)c1. The van der Waals surface area contributed by atoms with Crippen LogP contribution in [-0.2, 0) is 5.88 Å². The first-order valence-corrected chi connectivity index (χ1v) is 7.07. The average molecular weight is 340 g/mol. The molecule has 0 fully saturated rings. The van der Waals surface area contributed by atoms with Crippen molar-refractivity contribution >= 4 is 58.0 Å². The molecule has 0 heterocycles. The maximum Gasteiger partial charge on any atom is 0.0607 e. The van der Waals surface area contributed by atoms with Gasteiger partial charge in [0.2, 0.25) is 0 Å². The lowest BCUT2D eigenvalue weighted by Crippen LogP contribution is -1.85. The van der Waals surface area contributed by atoms with Gasteiger partial charge < -0.3 is 0 Å². The van der Waals surface area contributed by atoms with Gasteiger partial charge in [-0.25, -0.2) is 0 Å². The molecule has 0 atom stereocenters. The zero-order valence-electron chi connectivity index (χ0n) is 8.98. The van der Waals surface area contributed by atoms with E-state index in [0.29, 0.717) is 26.0 Å². The molecular formula is C13H7Cl5. The van der Waals surface area contributed by atoms with Gasteiger partial charge in [0.1, 0.15) is 0 Å². The van der Waals surface area contributed by atoms with E-state index in [1.807, 2.05) is 18.2 Å². The van der Waals surface area contributed by atoms with Crippen molar-refractivity contribution in [2.75, 3.05) is 0 Å². The molecule has 0 aliphatic heterocycles. The summed E-state index contributed by atoms with van der Waals surface area (Å²) >= 11 is 30.0. The lowest BCUT2D eigenvalue weighted by Gasteiger charge is -2.09. The predicted molar refractivity (Wildman–Crippen MR) is 81.5 cm³/mol. The minimum Gasteiger partial charge on any atom is -0.122 e. The molecule has 0 saturated carbocycles. The van der Waals surface area contributed by atoms with Gasteiger partial charge in [-0.3, -0.25) is 0 Å². The number of alkyl halides is 1. The van der Waals surface area contributed by atoms with Gasteiger partial charge in [0.25, 0.3) is 0 Å². The van der Waals surface area contributed by atoms with E-state index in [1.165, 1.54) is 0 Å². The van der Waals surface area contributed by atoms with Crippen LogP contribution in [0.25, 0.3) is 11.1 Å². The van der Waals surface area contributed by atoms with E-state index in [2.05, 4.69) is 0 Å². The molecule has 0 unspecified atom stereocenters. The van der Waals surface area contributed by atoms with Crippen molar-refractivity contribution in [3.05, 3.63) is 56.0 Å². The highest BCUT2D eigenvalue weighted by atomic mass is 35.5. The molecule has 94 valence electrons. The van der Waals surface area contributed by atoms with Crippen LogP contribution in [0.2, 0.25) is 20.1 Å². The first kappa shape index (κ1) is 14.3. The van der Waals surface area contributed by atoms with E-state index in [4.69, 9.17) is 58.0 Å². The quantitative estimate of drug-likeness (QED) is 0.421. The Hall–Kier alpha value is -0.110. The second-order valence-electron chi connectivity index (χ2n) is 3.69. The number of halogens is 5. The molecule has 0 aliphatic carbocycles. The van der Waals surface area contributed by atoms with Crippen molar-refractivity contribution in [2.24, 2.45) is 0 Å². The molecule has 0 amide bonds. The van der Waals surface area contributed by atoms with E-state index in [9.17, 15) is 0 Å². The highest BCUT2D eigenvalue weighted by Gasteiger charge is 2.11. The van der Waals surface area contributed by atoms with Gasteiger partial charge in [0.15, 0.2) is 0 Å². The first-order valence-electron chi connectivity index (χ1n) is 5.02. The van der Waals surface area contributed by atoms with Crippen molar-refractivity contribution in [3.63, 3.8) is 0 Å². The summed E-state index contributed by atoms with van der Waals surface area (Å²) in [6, 6.07) is 8.88. The fraction of sp³-hybridized carbons (Fsp3) is 0.0769. The van der Waals surface area contributed by atoms with Gasteiger partial charge in [0, 0.05) is 22.0 Å². The summed E-state index contributed by atoms with van der Waals surface area (Å²) in [5, 5.41) is 1.94. The van der Waals surface area contributed by atoms with Crippen LogP contribution in [0.5, 0.6) is 0 Å². The number of hydrogen-bond acceptors (Lipinski definition) is 0. The van der Waals surface area contributed by atoms with Gasteiger partial charge >= 0.3 is 0 Å². The molecule has 0 spiro atoms. The molecule has 5 heteroatoms. The zero-order chi connectivity index (χ0) is 13.3. The molecule has 0 N–H and O–H groups in total. The molecule has 0 aromatic heterocycles. The third-order valence-electron chi connectivity index (χ3n) is 2.49. The summed E-state index contributed by atoms with van der Waals surface area (Å²) in [6.45, 7) is 0. The van der Waals surface area contributed by atoms with E-state index >= 15 is 0 Å². The molecule has 18 heavy (non-hydrogen) atoms. The monoisotopic (exact) mass is 338 g/mol. The molecule has 0 nitrogen and oxygen atoms in total. The Morgan fingerprint density at radius 3 is 1.89 bits per heavy atom. The lowest BCUT2D eigenvalue weighted by molar-refractivity contribution is 1.40. The van der Waals surface area contributed by atoms with Crippen LogP contribution in [0.15, 0.2) is 30.3 Å². The number of hydrogen-bond donors (Lipinski definition) is 0. The summed E-state index contributed by atoms with van der Waals surface area (Å²) < 4.78 is 0. The summed E-state index contributed by atoms with van der Waals surface area (Å²) in [5.74, 6) is 0.412. The van der Waals surface area contributed by atoms with Gasteiger partial charge in [-0.05, 0) is 23.8 Å². The van der Waals surface area contributed by atoms with Crippen molar-refractivity contribution < 1.29 is 0 Å². The standard InChI is InChI=1S/C13H7Cl5/c14-6-7-1-2-8(10(15)3-7)9-4-12(17)13(18)5-11(9)16/h1-5H,6H2. The summed E-state index contributed by atoms with van der Waals surface area (Å²) in [7, 11) is 0. The minimum atomic E-state index is 0.412. The molecule has 2 aromatic rings. The summed E-state index contributed by atoms with van der Waals surface area (Å²) in [5.41, 5.74) is 2.49. The van der Waals surface area contributed by atoms with Gasteiger partial charge in [-0.1, -0.05) is 58.5 Å². The Morgan fingerprint density at radius 2 is 1.28 bits per heavy atom. The van der Waals surface area contributed by atoms with Crippen molar-refractivity contribution in [2.45, 2.75) is 5.88 Å². The van der Waals surface area contributed by atoms with Gasteiger partial charge in [-0.2, -0.15) is 0 Å². The summed E-state index contributed by atoms with van der Waals surface area (Å²) in [4.78, 5) is 0. The second-order valence-corrected chi connectivity index (χ2v) is 5.59. The van der Waals surface area contributed by atoms with Crippen LogP contribution in [0.4, 0.5) is 0 Å². The van der Waals surface area contributed by atoms with Gasteiger partial charge in [-0.15, -0.1) is 11.6 Å². The highest BCUT2D eigenvalue weighted by Crippen LogP contribution is 2.38. The Balaban J connectivity index is 2.58. The van der Waals surface area contributed by atoms with Gasteiger partial charge in [0.05, 0.1) is 15.1 Å². The lowest BCUT2D eigenvalue weighted by atomic mass is 10.0. The molecule has 0 radical (unpaired) electrons. The predicted octanol–water partition coefficient (Wildman–Crippen LogP) is 6.71. The fourth-order valence-corrected chi connectivity index (χ4v) is 2.71. The fourth-order valence-electron chi connectivity index (χ4n) is 1.59. The topological polar surface area (TPSA) is 0 Å². The normalized spacial score (nSPS) is 10.7. The number of benzene rings is 2. The van der Waals surface area contributed by atoms with Crippen molar-refractivity contribution in [1.29, 1.82) is 0 Å². The minimum absolute atomic E-state index is 0.412. The van der Waals surface area contributed by atoms with E-state index in [-0.39, 0.29) is 0 Å². The Bertz CT molecular complexity index is 592. The number of rotatable bonds is 2. The van der Waals surface area contributed by atoms with Crippen molar-refractivity contribution in [1.82, 2.24) is 0 Å². The third kappa shape index (κ3) is 2.89. The summed E-state index contributed by atoms with van der Waals surface area (Å²) in [6.07, 6.45) is 0. The highest BCUT2D eigenvalue weighted by molar-refractivity contribution is 6.44.